The summed E-state index contributed by atoms with van der Waals surface area (Å²) in [7, 11) is 0. The van der Waals surface area contributed by atoms with E-state index >= 15 is 0 Å². The molecule has 0 unspecified atom stereocenters. The summed E-state index contributed by atoms with van der Waals surface area (Å²) >= 11 is 3.26. The van der Waals surface area contributed by atoms with Crippen LogP contribution in [0.15, 0.2) is 16.7 Å². The van der Waals surface area contributed by atoms with Gasteiger partial charge in [-0.3, -0.25) is 10.1 Å². The van der Waals surface area contributed by atoms with Gasteiger partial charge in [0.15, 0.2) is 0 Å². The smallest absolute Gasteiger partial charge is 0.288 e. The topological polar surface area (TPSA) is 88.3 Å². The molecular formula is C13H18BrN3O3. The highest BCUT2D eigenvalue weighted by atomic mass is 79.9. The third kappa shape index (κ3) is 3.89. The maximum atomic E-state index is 10.6. The van der Waals surface area contributed by atoms with Crippen LogP contribution < -0.4 is 5.32 Å². The molecule has 0 amide bonds. The summed E-state index contributed by atoms with van der Waals surface area (Å²) in [5.41, 5.74) is -0.769. The standard InChI is InChI=1S/C13H18BrN3O3/c14-11-7-10(17(19)20)8-15-12(11)16-9-13(18)5-3-1-2-4-6-13/h7-8,18H,1-6,9H2,(H,15,16). The first-order chi connectivity index (χ1) is 9.50. The van der Waals surface area contributed by atoms with Gasteiger partial charge in [-0.2, -0.15) is 0 Å². The van der Waals surface area contributed by atoms with Crippen LogP contribution in [0.5, 0.6) is 0 Å². The predicted molar refractivity (Wildman–Crippen MR) is 79.7 cm³/mol. The van der Waals surface area contributed by atoms with Gasteiger partial charge >= 0.3 is 0 Å². The zero-order chi connectivity index (χ0) is 14.6. The molecule has 0 radical (unpaired) electrons. The SMILES string of the molecule is O=[N+]([O-])c1cnc(NCC2(O)CCCCCC2)c(Br)c1. The summed E-state index contributed by atoms with van der Waals surface area (Å²) in [4.78, 5) is 14.2. The highest BCUT2D eigenvalue weighted by molar-refractivity contribution is 9.10. The second-order valence-electron chi connectivity index (χ2n) is 5.27. The quantitative estimate of drug-likeness (QED) is 0.497. The summed E-state index contributed by atoms with van der Waals surface area (Å²) < 4.78 is 0.531. The van der Waals surface area contributed by atoms with E-state index < -0.39 is 10.5 Å². The second-order valence-corrected chi connectivity index (χ2v) is 6.13. The number of nitrogens with one attached hydrogen (secondary N) is 1. The van der Waals surface area contributed by atoms with Crippen LogP contribution in [0.3, 0.4) is 0 Å². The minimum Gasteiger partial charge on any atom is -0.388 e. The summed E-state index contributed by atoms with van der Waals surface area (Å²) in [5, 5.41) is 24.3. The number of rotatable bonds is 4. The molecule has 1 heterocycles. The van der Waals surface area contributed by atoms with Crippen LogP contribution in [-0.2, 0) is 0 Å². The van der Waals surface area contributed by atoms with Crippen molar-refractivity contribution in [2.45, 2.75) is 44.1 Å². The van der Waals surface area contributed by atoms with E-state index in [1.165, 1.54) is 25.1 Å². The molecule has 1 fully saturated rings. The van der Waals surface area contributed by atoms with Crippen LogP contribution in [0.25, 0.3) is 0 Å². The Morgan fingerprint density at radius 1 is 1.40 bits per heavy atom. The molecule has 0 atom stereocenters. The normalized spacial score (nSPS) is 18.3. The first-order valence-corrected chi connectivity index (χ1v) is 7.56. The first-order valence-electron chi connectivity index (χ1n) is 6.76. The van der Waals surface area contributed by atoms with Crippen molar-refractivity contribution in [3.05, 3.63) is 26.9 Å². The highest BCUT2D eigenvalue weighted by Crippen LogP contribution is 2.29. The third-order valence-corrected chi connectivity index (χ3v) is 4.26. The van der Waals surface area contributed by atoms with E-state index in [4.69, 9.17) is 0 Å². The van der Waals surface area contributed by atoms with Crippen molar-refractivity contribution in [2.24, 2.45) is 0 Å². The molecule has 2 N–H and O–H groups in total. The molecule has 0 saturated heterocycles. The molecule has 1 aliphatic rings. The van der Waals surface area contributed by atoms with E-state index in [2.05, 4.69) is 26.2 Å². The number of hydrogen-bond acceptors (Lipinski definition) is 5. The van der Waals surface area contributed by atoms with Crippen LogP contribution in [-0.4, -0.2) is 27.2 Å². The molecule has 6 nitrogen and oxygen atoms in total. The number of hydrogen-bond donors (Lipinski definition) is 2. The fourth-order valence-corrected chi connectivity index (χ4v) is 2.95. The number of nitro groups is 1. The lowest BCUT2D eigenvalue weighted by atomic mass is 9.94. The van der Waals surface area contributed by atoms with Gasteiger partial charge in [-0.25, -0.2) is 4.98 Å². The minimum atomic E-state index is -0.709. The molecule has 0 aliphatic heterocycles. The lowest BCUT2D eigenvalue weighted by molar-refractivity contribution is -0.385. The van der Waals surface area contributed by atoms with E-state index in [0.717, 1.165) is 25.7 Å². The van der Waals surface area contributed by atoms with Gasteiger partial charge in [0.1, 0.15) is 12.0 Å². The Morgan fingerprint density at radius 3 is 2.60 bits per heavy atom. The van der Waals surface area contributed by atoms with Gasteiger partial charge < -0.3 is 10.4 Å². The van der Waals surface area contributed by atoms with Crippen molar-refractivity contribution in [2.75, 3.05) is 11.9 Å². The number of nitrogens with zero attached hydrogens (tertiary/aromatic N) is 2. The monoisotopic (exact) mass is 343 g/mol. The Balaban J connectivity index is 2.01. The molecule has 1 saturated carbocycles. The Kier molecular flexibility index (Phi) is 4.93. The Bertz CT molecular complexity index is 488. The van der Waals surface area contributed by atoms with E-state index in [9.17, 15) is 15.2 Å². The van der Waals surface area contributed by atoms with E-state index in [1.807, 2.05) is 0 Å². The molecule has 0 aromatic carbocycles. The molecule has 110 valence electrons. The van der Waals surface area contributed by atoms with Crippen LogP contribution in [0.1, 0.15) is 38.5 Å². The molecule has 1 aliphatic carbocycles. The predicted octanol–water partition coefficient (Wildman–Crippen LogP) is 3.25. The molecule has 0 spiro atoms. The second kappa shape index (κ2) is 6.49. The first kappa shape index (κ1) is 15.2. The molecule has 7 heteroatoms. The van der Waals surface area contributed by atoms with Crippen LogP contribution in [0.4, 0.5) is 11.5 Å². The number of pyridine rings is 1. The van der Waals surface area contributed by atoms with Gasteiger partial charge in [-0.15, -0.1) is 0 Å². The fraction of sp³-hybridized carbons (Fsp3) is 0.615. The zero-order valence-electron chi connectivity index (χ0n) is 11.1. The van der Waals surface area contributed by atoms with E-state index in [1.54, 1.807) is 0 Å². The number of halogens is 1. The minimum absolute atomic E-state index is 0.0596. The summed E-state index contributed by atoms with van der Waals surface area (Å²) in [5.74, 6) is 0.522. The Morgan fingerprint density at radius 2 is 2.05 bits per heavy atom. The van der Waals surface area contributed by atoms with Gasteiger partial charge in [-0.05, 0) is 28.8 Å². The van der Waals surface area contributed by atoms with Gasteiger partial charge in [0.05, 0.1) is 15.0 Å². The number of anilines is 1. The molecule has 20 heavy (non-hydrogen) atoms. The number of aliphatic hydroxyl groups is 1. The van der Waals surface area contributed by atoms with Gasteiger partial charge in [0.25, 0.3) is 5.69 Å². The highest BCUT2D eigenvalue weighted by Gasteiger charge is 2.28. The van der Waals surface area contributed by atoms with Crippen molar-refractivity contribution in [1.82, 2.24) is 4.98 Å². The Labute approximate surface area is 125 Å². The van der Waals surface area contributed by atoms with Crippen LogP contribution in [0, 0.1) is 10.1 Å². The largest absolute Gasteiger partial charge is 0.388 e. The average molecular weight is 344 g/mol. The van der Waals surface area contributed by atoms with Crippen LogP contribution in [0.2, 0.25) is 0 Å². The van der Waals surface area contributed by atoms with Crippen LogP contribution >= 0.6 is 15.9 Å². The van der Waals surface area contributed by atoms with Crippen molar-refractivity contribution >= 4 is 27.4 Å². The summed E-state index contributed by atoms with van der Waals surface area (Å²) in [6.07, 6.45) is 7.18. The molecule has 0 bridgehead atoms. The van der Waals surface area contributed by atoms with Crippen molar-refractivity contribution in [3.63, 3.8) is 0 Å². The lowest BCUT2D eigenvalue weighted by Gasteiger charge is -2.27. The van der Waals surface area contributed by atoms with Gasteiger partial charge in [0.2, 0.25) is 0 Å². The summed E-state index contributed by atoms with van der Waals surface area (Å²) in [6.45, 7) is 0.413. The Hall–Kier alpha value is -1.21. The van der Waals surface area contributed by atoms with Crippen molar-refractivity contribution < 1.29 is 10.0 Å². The number of aromatic nitrogens is 1. The third-order valence-electron chi connectivity index (χ3n) is 3.66. The molecular weight excluding hydrogens is 326 g/mol. The van der Waals surface area contributed by atoms with Crippen molar-refractivity contribution in [1.29, 1.82) is 0 Å². The molecule has 1 aromatic heterocycles. The van der Waals surface area contributed by atoms with E-state index in [-0.39, 0.29) is 5.69 Å². The van der Waals surface area contributed by atoms with Gasteiger partial charge in [0, 0.05) is 12.6 Å². The van der Waals surface area contributed by atoms with Crippen molar-refractivity contribution in [3.8, 4) is 0 Å². The molecule has 2 rings (SSSR count). The lowest BCUT2D eigenvalue weighted by Crippen LogP contribution is -2.36. The van der Waals surface area contributed by atoms with E-state index in [0.29, 0.717) is 16.8 Å². The fourth-order valence-electron chi connectivity index (χ4n) is 2.47. The van der Waals surface area contributed by atoms with Gasteiger partial charge in [-0.1, -0.05) is 25.7 Å². The zero-order valence-corrected chi connectivity index (χ0v) is 12.7. The maximum absolute atomic E-state index is 10.6. The summed E-state index contributed by atoms with van der Waals surface area (Å²) in [6, 6.07) is 1.41. The average Bonchev–Trinajstić information content (AvgIpc) is 2.62. The molecule has 1 aromatic rings. The maximum Gasteiger partial charge on any atom is 0.288 e.